The highest BCUT2D eigenvalue weighted by atomic mass is 127. The van der Waals surface area contributed by atoms with Gasteiger partial charge in [-0.15, -0.1) is 5.06 Å². The predicted octanol–water partition coefficient (Wildman–Crippen LogP) is 1.88. The van der Waals surface area contributed by atoms with E-state index < -0.39 is 0 Å². The highest BCUT2D eigenvalue weighted by Crippen LogP contribution is 2.17. The van der Waals surface area contributed by atoms with Crippen LogP contribution in [0.15, 0.2) is 30.3 Å². The van der Waals surface area contributed by atoms with E-state index in [-0.39, 0.29) is 5.97 Å². The third-order valence-electron chi connectivity index (χ3n) is 2.02. The molecule has 4 heteroatoms. The number of hydrogen-bond acceptors (Lipinski definition) is 3. The van der Waals surface area contributed by atoms with Gasteiger partial charge >= 0.3 is 5.97 Å². The van der Waals surface area contributed by atoms with Gasteiger partial charge < -0.3 is 4.84 Å². The summed E-state index contributed by atoms with van der Waals surface area (Å²) < 4.78 is 0.608. The molecule has 14 heavy (non-hydrogen) atoms. The molecular weight excluding hydrogens is 293 g/mol. The van der Waals surface area contributed by atoms with E-state index in [2.05, 4.69) is 22.6 Å². The smallest absolute Gasteiger partial charge is 0.357 e. The average molecular weight is 303 g/mol. The lowest BCUT2D eigenvalue weighted by atomic mass is 10.2. The molecular formula is C10H10INO2. The monoisotopic (exact) mass is 303 g/mol. The first kappa shape index (κ1) is 9.92. The normalized spacial score (nSPS) is 17.5. The summed E-state index contributed by atoms with van der Waals surface area (Å²) in [5.41, 5.74) is 0.601. The Morgan fingerprint density at radius 2 is 2.00 bits per heavy atom. The van der Waals surface area contributed by atoms with Gasteiger partial charge in [-0.1, -0.05) is 40.8 Å². The highest BCUT2D eigenvalue weighted by Gasteiger charge is 2.27. The molecule has 1 aromatic carbocycles. The maximum Gasteiger partial charge on any atom is 0.357 e. The van der Waals surface area contributed by atoms with Crippen LogP contribution in [0.1, 0.15) is 10.4 Å². The Bertz CT molecular complexity index is 322. The minimum absolute atomic E-state index is 0.270. The molecule has 1 fully saturated rings. The molecule has 2 rings (SSSR count). The largest absolute Gasteiger partial charge is 0.364 e. The topological polar surface area (TPSA) is 29.5 Å². The second kappa shape index (κ2) is 4.27. The molecule has 0 amide bonds. The van der Waals surface area contributed by atoms with E-state index in [9.17, 15) is 4.79 Å². The predicted molar refractivity (Wildman–Crippen MR) is 61.2 cm³/mol. The lowest BCUT2D eigenvalue weighted by Crippen LogP contribution is -2.48. The van der Waals surface area contributed by atoms with E-state index in [0.717, 1.165) is 13.1 Å². The van der Waals surface area contributed by atoms with Crippen molar-refractivity contribution in [1.29, 1.82) is 0 Å². The van der Waals surface area contributed by atoms with Gasteiger partial charge in [-0.25, -0.2) is 4.79 Å². The van der Waals surface area contributed by atoms with Crippen LogP contribution in [0.5, 0.6) is 0 Å². The van der Waals surface area contributed by atoms with Gasteiger partial charge in [0.2, 0.25) is 0 Å². The van der Waals surface area contributed by atoms with Crippen LogP contribution in [-0.4, -0.2) is 28.0 Å². The van der Waals surface area contributed by atoms with Crippen molar-refractivity contribution >= 4 is 28.6 Å². The fourth-order valence-corrected chi connectivity index (χ4v) is 2.09. The van der Waals surface area contributed by atoms with Crippen molar-refractivity contribution in [2.24, 2.45) is 0 Å². The number of halogens is 1. The van der Waals surface area contributed by atoms with Crippen LogP contribution >= 0.6 is 22.6 Å². The molecule has 3 nitrogen and oxygen atoms in total. The third-order valence-corrected chi connectivity index (χ3v) is 2.81. The SMILES string of the molecule is O=C(ON1CC(I)C1)c1ccccc1. The number of nitrogens with zero attached hydrogens (tertiary/aromatic N) is 1. The molecule has 1 aliphatic heterocycles. The van der Waals surface area contributed by atoms with Crippen molar-refractivity contribution in [2.45, 2.75) is 3.92 Å². The molecule has 0 saturated carbocycles. The number of alkyl halides is 1. The van der Waals surface area contributed by atoms with Gasteiger partial charge in [0.1, 0.15) is 0 Å². The number of carbonyl (C=O) groups excluding carboxylic acids is 1. The van der Waals surface area contributed by atoms with Gasteiger partial charge in [0.25, 0.3) is 0 Å². The molecule has 1 heterocycles. The Kier molecular flexibility index (Phi) is 3.02. The standard InChI is InChI=1S/C10H10INO2/c11-9-6-12(7-9)14-10(13)8-4-2-1-3-5-8/h1-5,9H,6-7H2. The quantitative estimate of drug-likeness (QED) is 0.617. The van der Waals surface area contributed by atoms with Crippen LogP contribution in [0.2, 0.25) is 0 Å². The number of rotatable bonds is 2. The maximum absolute atomic E-state index is 11.5. The zero-order chi connectivity index (χ0) is 9.97. The minimum Gasteiger partial charge on any atom is -0.364 e. The molecule has 0 radical (unpaired) electrons. The zero-order valence-corrected chi connectivity index (χ0v) is 9.68. The Balaban J connectivity index is 1.90. The fraction of sp³-hybridized carbons (Fsp3) is 0.300. The molecule has 0 spiro atoms. The van der Waals surface area contributed by atoms with Gasteiger partial charge in [-0.05, 0) is 12.1 Å². The fourth-order valence-electron chi connectivity index (χ4n) is 1.21. The lowest BCUT2D eigenvalue weighted by molar-refractivity contribution is -0.141. The Morgan fingerprint density at radius 1 is 1.36 bits per heavy atom. The van der Waals surface area contributed by atoms with Crippen molar-refractivity contribution in [1.82, 2.24) is 5.06 Å². The van der Waals surface area contributed by atoms with Crippen molar-refractivity contribution in [3.63, 3.8) is 0 Å². The molecule has 0 aromatic heterocycles. The Hall–Kier alpha value is -0.620. The van der Waals surface area contributed by atoms with Crippen molar-refractivity contribution in [2.75, 3.05) is 13.1 Å². The van der Waals surface area contributed by atoms with Crippen LogP contribution in [0, 0.1) is 0 Å². The summed E-state index contributed by atoms with van der Waals surface area (Å²) in [7, 11) is 0. The first-order valence-corrected chi connectivity index (χ1v) is 5.66. The lowest BCUT2D eigenvalue weighted by Gasteiger charge is -2.33. The van der Waals surface area contributed by atoms with Crippen LogP contribution in [-0.2, 0) is 4.84 Å². The maximum atomic E-state index is 11.5. The van der Waals surface area contributed by atoms with E-state index in [1.807, 2.05) is 18.2 Å². The third kappa shape index (κ3) is 2.24. The van der Waals surface area contributed by atoms with Gasteiger partial charge in [0.15, 0.2) is 0 Å². The Morgan fingerprint density at radius 3 is 2.57 bits per heavy atom. The van der Waals surface area contributed by atoms with Gasteiger partial charge in [-0.3, -0.25) is 0 Å². The molecule has 1 aromatic rings. The summed E-state index contributed by atoms with van der Waals surface area (Å²) >= 11 is 2.34. The van der Waals surface area contributed by atoms with Crippen molar-refractivity contribution in [3.05, 3.63) is 35.9 Å². The minimum atomic E-state index is -0.270. The molecule has 74 valence electrons. The van der Waals surface area contributed by atoms with Gasteiger partial charge in [-0.2, -0.15) is 0 Å². The number of hydrogen-bond donors (Lipinski definition) is 0. The number of hydroxylamine groups is 2. The van der Waals surface area contributed by atoms with Gasteiger partial charge in [0, 0.05) is 17.0 Å². The number of carbonyl (C=O) groups is 1. The van der Waals surface area contributed by atoms with E-state index >= 15 is 0 Å². The van der Waals surface area contributed by atoms with Gasteiger partial charge in [0.05, 0.1) is 5.56 Å². The molecule has 0 atom stereocenters. The summed E-state index contributed by atoms with van der Waals surface area (Å²) in [6, 6.07) is 9.04. The summed E-state index contributed by atoms with van der Waals surface area (Å²) in [4.78, 5) is 16.6. The molecule has 1 saturated heterocycles. The summed E-state index contributed by atoms with van der Waals surface area (Å²) in [5, 5.41) is 1.69. The van der Waals surface area contributed by atoms with Crippen LogP contribution in [0.25, 0.3) is 0 Å². The Labute approximate surface area is 96.1 Å². The van der Waals surface area contributed by atoms with Crippen LogP contribution in [0.3, 0.4) is 0 Å². The molecule has 1 aliphatic rings. The molecule has 0 N–H and O–H groups in total. The van der Waals surface area contributed by atoms with Crippen molar-refractivity contribution in [3.8, 4) is 0 Å². The second-order valence-corrected chi connectivity index (χ2v) is 4.95. The van der Waals surface area contributed by atoms with E-state index in [4.69, 9.17) is 4.84 Å². The molecule has 0 unspecified atom stereocenters. The summed E-state index contributed by atoms with van der Waals surface area (Å²) in [5.74, 6) is -0.270. The molecule has 0 aliphatic carbocycles. The average Bonchev–Trinajstić information content (AvgIpc) is 2.17. The van der Waals surface area contributed by atoms with Crippen LogP contribution in [0.4, 0.5) is 0 Å². The first-order chi connectivity index (χ1) is 6.75. The number of benzene rings is 1. The summed E-state index contributed by atoms with van der Waals surface area (Å²) in [6.07, 6.45) is 0. The second-order valence-electron chi connectivity index (χ2n) is 3.19. The summed E-state index contributed by atoms with van der Waals surface area (Å²) in [6.45, 7) is 1.66. The van der Waals surface area contributed by atoms with Crippen LogP contribution < -0.4 is 0 Å². The highest BCUT2D eigenvalue weighted by molar-refractivity contribution is 14.1. The first-order valence-electron chi connectivity index (χ1n) is 4.42. The zero-order valence-electron chi connectivity index (χ0n) is 7.52. The van der Waals surface area contributed by atoms with E-state index in [1.54, 1.807) is 17.2 Å². The van der Waals surface area contributed by atoms with E-state index in [1.165, 1.54) is 0 Å². The molecule has 0 bridgehead atoms. The van der Waals surface area contributed by atoms with Crippen molar-refractivity contribution < 1.29 is 9.63 Å². The van der Waals surface area contributed by atoms with E-state index in [0.29, 0.717) is 9.49 Å².